The summed E-state index contributed by atoms with van der Waals surface area (Å²) in [4.78, 5) is 12.0. The largest absolute Gasteiger partial charge is 0.493 e. The summed E-state index contributed by atoms with van der Waals surface area (Å²) in [6.07, 6.45) is 4.48. The van der Waals surface area contributed by atoms with Crippen molar-refractivity contribution in [1.29, 1.82) is 5.26 Å². The van der Waals surface area contributed by atoms with Gasteiger partial charge in [0, 0.05) is 23.1 Å². The van der Waals surface area contributed by atoms with Crippen molar-refractivity contribution in [2.75, 3.05) is 6.61 Å². The minimum atomic E-state index is -0.498. The average molecular weight is 497 g/mol. The Balaban J connectivity index is 1.11. The van der Waals surface area contributed by atoms with Crippen molar-refractivity contribution in [2.45, 2.75) is 70.1 Å². The lowest BCUT2D eigenvalue weighted by Gasteiger charge is -2.69. The Bertz CT molecular complexity index is 1160. The Kier molecular flexibility index (Phi) is 5.76. The first-order valence-electron chi connectivity index (χ1n) is 11.9. The lowest BCUT2D eigenvalue weighted by Crippen LogP contribution is -2.76. The Morgan fingerprint density at radius 1 is 1.11 bits per heavy atom. The van der Waals surface area contributed by atoms with E-state index in [1.807, 2.05) is 45.0 Å². The van der Waals surface area contributed by atoms with Gasteiger partial charge in [0.15, 0.2) is 5.75 Å². The van der Waals surface area contributed by atoms with Gasteiger partial charge in [0.25, 0.3) is 0 Å². The fourth-order valence-electron chi connectivity index (χ4n) is 4.96. The van der Waals surface area contributed by atoms with Crippen LogP contribution in [0, 0.1) is 16.7 Å². The van der Waals surface area contributed by atoms with E-state index in [4.69, 9.17) is 30.5 Å². The van der Waals surface area contributed by atoms with E-state index in [1.165, 1.54) is 0 Å². The van der Waals surface area contributed by atoms with Gasteiger partial charge in [0.05, 0.1) is 23.3 Å². The summed E-state index contributed by atoms with van der Waals surface area (Å²) in [6.45, 7) is 6.19. The Morgan fingerprint density at radius 2 is 1.77 bits per heavy atom. The fourth-order valence-corrected chi connectivity index (χ4v) is 5.22. The fraction of sp³-hybridized carbons (Fsp3) is 0.481. The smallest absolute Gasteiger partial charge is 0.408 e. The Hall–Kier alpha value is -3.11. The molecule has 0 unspecified atom stereocenters. The maximum atomic E-state index is 12.0. The summed E-state index contributed by atoms with van der Waals surface area (Å²) >= 11 is 6.34. The predicted octanol–water partition coefficient (Wildman–Crippen LogP) is 6.37. The number of alkyl carbamates (subject to hydrolysis) is 1. The number of hydrogen-bond donors (Lipinski definition) is 1. The Morgan fingerprint density at radius 3 is 2.37 bits per heavy atom. The molecule has 2 aromatic rings. The highest BCUT2D eigenvalue weighted by atomic mass is 35.5. The molecule has 2 bridgehead atoms. The Labute approximate surface area is 210 Å². The van der Waals surface area contributed by atoms with Crippen molar-refractivity contribution >= 4 is 17.7 Å². The summed E-state index contributed by atoms with van der Waals surface area (Å²) in [6, 6.07) is 12.8. The number of ether oxygens (including phenoxy) is 4. The molecule has 6 rings (SSSR count). The van der Waals surface area contributed by atoms with Crippen molar-refractivity contribution in [3.8, 4) is 29.1 Å². The van der Waals surface area contributed by atoms with Crippen molar-refractivity contribution in [2.24, 2.45) is 5.41 Å². The zero-order valence-corrected chi connectivity index (χ0v) is 20.9. The van der Waals surface area contributed by atoms with Crippen LogP contribution in [-0.4, -0.2) is 29.9 Å². The molecular weight excluding hydrogens is 468 g/mol. The summed E-state index contributed by atoms with van der Waals surface area (Å²) < 4.78 is 23.1. The number of halogens is 1. The highest BCUT2D eigenvalue weighted by molar-refractivity contribution is 6.32. The van der Waals surface area contributed by atoms with Gasteiger partial charge in [-0.05, 0) is 77.1 Å². The average Bonchev–Trinajstić information content (AvgIpc) is 3.54. The number of amides is 1. The quantitative estimate of drug-likeness (QED) is 0.456. The van der Waals surface area contributed by atoms with Gasteiger partial charge >= 0.3 is 6.09 Å². The van der Waals surface area contributed by atoms with Crippen LogP contribution in [0.25, 0.3) is 0 Å². The van der Waals surface area contributed by atoms with Crippen LogP contribution in [-0.2, 0) is 4.74 Å². The van der Waals surface area contributed by atoms with E-state index in [1.54, 1.807) is 12.1 Å². The van der Waals surface area contributed by atoms with Gasteiger partial charge < -0.3 is 24.3 Å². The molecule has 35 heavy (non-hydrogen) atoms. The molecular formula is C27H29ClN2O5. The molecule has 4 fully saturated rings. The molecule has 0 aliphatic heterocycles. The number of carbonyl (C=O) groups is 1. The van der Waals surface area contributed by atoms with Gasteiger partial charge in [0.1, 0.15) is 28.9 Å². The topological polar surface area (TPSA) is 89.8 Å². The van der Waals surface area contributed by atoms with E-state index in [0.29, 0.717) is 34.4 Å². The molecule has 184 valence electrons. The van der Waals surface area contributed by atoms with Gasteiger partial charge in [-0.1, -0.05) is 11.6 Å². The first kappa shape index (κ1) is 23.6. The third-order valence-electron chi connectivity index (χ3n) is 6.46. The van der Waals surface area contributed by atoms with Gasteiger partial charge in [-0.2, -0.15) is 5.26 Å². The van der Waals surface area contributed by atoms with E-state index in [0.717, 1.165) is 37.9 Å². The third kappa shape index (κ3) is 5.28. The molecule has 0 heterocycles. The van der Waals surface area contributed by atoms with Crippen molar-refractivity contribution in [1.82, 2.24) is 5.32 Å². The van der Waals surface area contributed by atoms with E-state index in [-0.39, 0.29) is 23.2 Å². The zero-order chi connectivity index (χ0) is 24.8. The first-order chi connectivity index (χ1) is 16.6. The zero-order valence-electron chi connectivity index (χ0n) is 20.2. The number of nitriles is 1. The molecule has 4 saturated carbocycles. The van der Waals surface area contributed by atoms with Crippen LogP contribution in [0.4, 0.5) is 4.79 Å². The molecule has 0 radical (unpaired) electrons. The maximum Gasteiger partial charge on any atom is 0.408 e. The standard InChI is InChI=1S/C27H29ClN2O5/c1-25(2,3)35-24(31)30-27-13-26(14-27,15-27)16-32-18-4-6-19(7-5-18)33-21-10-17(12-29)23(22(28)11-21)34-20-8-9-20/h4-7,10-11,20H,8-9,13-16H2,1-3H3,(H,30,31). The van der Waals surface area contributed by atoms with Crippen LogP contribution in [0.1, 0.15) is 58.4 Å². The molecule has 0 atom stereocenters. The van der Waals surface area contributed by atoms with Gasteiger partial charge in [0.2, 0.25) is 0 Å². The van der Waals surface area contributed by atoms with Crippen LogP contribution in [0.3, 0.4) is 0 Å². The van der Waals surface area contributed by atoms with E-state index >= 15 is 0 Å². The van der Waals surface area contributed by atoms with E-state index in [2.05, 4.69) is 11.4 Å². The second-order valence-electron chi connectivity index (χ2n) is 11.0. The molecule has 8 heteroatoms. The molecule has 1 amide bonds. The van der Waals surface area contributed by atoms with Crippen molar-refractivity contribution in [3.63, 3.8) is 0 Å². The lowest BCUT2D eigenvalue weighted by atomic mass is 9.39. The monoisotopic (exact) mass is 496 g/mol. The van der Waals surface area contributed by atoms with E-state index in [9.17, 15) is 10.1 Å². The van der Waals surface area contributed by atoms with Gasteiger partial charge in [-0.25, -0.2) is 4.79 Å². The molecule has 4 aliphatic rings. The maximum absolute atomic E-state index is 12.0. The van der Waals surface area contributed by atoms with Crippen LogP contribution < -0.4 is 19.5 Å². The molecule has 1 N–H and O–H groups in total. The highest BCUT2D eigenvalue weighted by Gasteiger charge is 2.69. The number of nitrogens with zero attached hydrogens (tertiary/aromatic N) is 1. The summed E-state index contributed by atoms with van der Waals surface area (Å²) in [5.74, 6) is 2.25. The number of benzene rings is 2. The molecule has 0 saturated heterocycles. The number of rotatable bonds is 8. The van der Waals surface area contributed by atoms with Crippen LogP contribution >= 0.6 is 11.6 Å². The van der Waals surface area contributed by atoms with Crippen molar-refractivity contribution < 1.29 is 23.7 Å². The van der Waals surface area contributed by atoms with Crippen LogP contribution in [0.2, 0.25) is 5.02 Å². The van der Waals surface area contributed by atoms with Crippen LogP contribution in [0.5, 0.6) is 23.0 Å². The van der Waals surface area contributed by atoms with Crippen molar-refractivity contribution in [3.05, 3.63) is 47.0 Å². The summed E-state index contributed by atoms with van der Waals surface area (Å²) in [5.41, 5.74) is -0.148. The number of hydrogen-bond acceptors (Lipinski definition) is 6. The second kappa shape index (κ2) is 8.53. The molecule has 0 spiro atoms. The van der Waals surface area contributed by atoms with Gasteiger partial charge in [-0.3, -0.25) is 0 Å². The molecule has 4 aliphatic carbocycles. The normalized spacial score (nSPS) is 24.3. The molecule has 7 nitrogen and oxygen atoms in total. The number of carbonyl (C=O) groups excluding carboxylic acids is 1. The van der Waals surface area contributed by atoms with Crippen LogP contribution in [0.15, 0.2) is 36.4 Å². The lowest BCUT2D eigenvalue weighted by molar-refractivity contribution is -0.170. The third-order valence-corrected chi connectivity index (χ3v) is 6.74. The SMILES string of the molecule is CC(C)(C)OC(=O)NC12CC(COc3ccc(Oc4cc(Cl)c(OC5CC5)c(C#N)c4)cc3)(C1)C2. The minimum Gasteiger partial charge on any atom is -0.493 e. The second-order valence-corrected chi connectivity index (χ2v) is 11.4. The molecule has 0 aromatic heterocycles. The van der Waals surface area contributed by atoms with Gasteiger partial charge in [-0.15, -0.1) is 0 Å². The minimum absolute atomic E-state index is 0.124. The predicted molar refractivity (Wildman–Crippen MR) is 130 cm³/mol. The number of nitrogens with one attached hydrogen (secondary N) is 1. The summed E-state index contributed by atoms with van der Waals surface area (Å²) in [7, 11) is 0. The van der Waals surface area contributed by atoms with E-state index < -0.39 is 5.60 Å². The molecule has 2 aromatic carbocycles. The highest BCUT2D eigenvalue weighted by Crippen LogP contribution is 2.67. The summed E-state index contributed by atoms with van der Waals surface area (Å²) in [5, 5.41) is 12.9. The first-order valence-corrected chi connectivity index (χ1v) is 12.3.